The number of carbonyl (C=O) groups excluding carboxylic acids is 1. The van der Waals surface area contributed by atoms with E-state index in [-0.39, 0.29) is 11.5 Å². The zero-order valence-electron chi connectivity index (χ0n) is 14.6. The van der Waals surface area contributed by atoms with Crippen LogP contribution in [-0.4, -0.2) is 41.9 Å². The molecule has 0 N–H and O–H groups in total. The zero-order chi connectivity index (χ0) is 18.5. The van der Waals surface area contributed by atoms with Crippen LogP contribution in [-0.2, 0) is 11.3 Å². The first-order valence-electron chi connectivity index (χ1n) is 8.07. The molecule has 0 aliphatic carbocycles. The molecule has 0 fully saturated rings. The average molecular weight is 391 g/mol. The summed E-state index contributed by atoms with van der Waals surface area (Å²) in [5, 5.41) is 1.41. The molecule has 0 atom stereocenters. The highest BCUT2D eigenvalue weighted by molar-refractivity contribution is 7.99. The number of rotatable bonds is 8. The van der Waals surface area contributed by atoms with Gasteiger partial charge >= 0.3 is 0 Å². The predicted octanol–water partition coefficient (Wildman–Crippen LogP) is 4.32. The van der Waals surface area contributed by atoms with Crippen molar-refractivity contribution in [3.63, 3.8) is 0 Å². The third-order valence-electron chi connectivity index (χ3n) is 3.92. The molecule has 26 heavy (non-hydrogen) atoms. The second kappa shape index (κ2) is 8.58. The number of hydrogen-bond donors (Lipinski definition) is 0. The minimum atomic E-state index is 0.0253. The third kappa shape index (κ3) is 4.20. The number of Topliss-reactive ketones (excluding diaryl/α,β-unsaturated/α-hetero) is 1. The number of fused-ring (bicyclic) bond motifs is 1. The van der Waals surface area contributed by atoms with Crippen LogP contribution >= 0.6 is 23.4 Å². The van der Waals surface area contributed by atoms with Gasteiger partial charge in [0.05, 0.1) is 30.5 Å². The number of imidazole rings is 1. The van der Waals surface area contributed by atoms with Crippen LogP contribution in [0, 0.1) is 0 Å². The van der Waals surface area contributed by atoms with Gasteiger partial charge in [0.1, 0.15) is 5.75 Å². The van der Waals surface area contributed by atoms with Gasteiger partial charge in [-0.25, -0.2) is 4.98 Å². The first-order valence-corrected chi connectivity index (χ1v) is 9.43. The molecule has 2 aromatic carbocycles. The van der Waals surface area contributed by atoms with Gasteiger partial charge in [-0.1, -0.05) is 35.5 Å². The number of ketones is 1. The van der Waals surface area contributed by atoms with Gasteiger partial charge in [-0.05, 0) is 30.3 Å². The van der Waals surface area contributed by atoms with Crippen LogP contribution in [0.1, 0.15) is 10.4 Å². The maximum atomic E-state index is 12.5. The van der Waals surface area contributed by atoms with Gasteiger partial charge in [0.25, 0.3) is 0 Å². The van der Waals surface area contributed by atoms with E-state index in [4.69, 9.17) is 21.1 Å². The van der Waals surface area contributed by atoms with Crippen LogP contribution in [0.5, 0.6) is 5.75 Å². The summed E-state index contributed by atoms with van der Waals surface area (Å²) in [4.78, 5) is 17.2. The fraction of sp³-hybridized carbons (Fsp3) is 0.263. The molecule has 0 aliphatic rings. The van der Waals surface area contributed by atoms with Crippen molar-refractivity contribution in [1.29, 1.82) is 0 Å². The predicted molar refractivity (Wildman–Crippen MR) is 105 cm³/mol. The van der Waals surface area contributed by atoms with Gasteiger partial charge in [-0.15, -0.1) is 0 Å². The second-order valence-corrected chi connectivity index (χ2v) is 6.99. The smallest absolute Gasteiger partial charge is 0.173 e. The van der Waals surface area contributed by atoms with Crippen molar-refractivity contribution in [2.75, 3.05) is 26.6 Å². The maximum Gasteiger partial charge on any atom is 0.173 e. The van der Waals surface area contributed by atoms with E-state index in [0.29, 0.717) is 29.5 Å². The molecular formula is C19H19ClN2O3S. The molecule has 0 unspecified atom stereocenters. The molecule has 136 valence electrons. The van der Waals surface area contributed by atoms with Gasteiger partial charge < -0.3 is 14.0 Å². The summed E-state index contributed by atoms with van der Waals surface area (Å²) in [7, 11) is 3.25. The molecule has 0 aliphatic heterocycles. The molecule has 5 nitrogen and oxygen atoms in total. The summed E-state index contributed by atoms with van der Waals surface area (Å²) >= 11 is 7.48. The molecule has 0 amide bonds. The Hall–Kier alpha value is -2.02. The topological polar surface area (TPSA) is 53.4 Å². The molecule has 0 saturated carbocycles. The van der Waals surface area contributed by atoms with Crippen LogP contribution in [0.4, 0.5) is 0 Å². The quantitative estimate of drug-likeness (QED) is 0.423. The highest BCUT2D eigenvalue weighted by Gasteiger charge is 2.14. The Morgan fingerprint density at radius 3 is 2.85 bits per heavy atom. The number of hydrogen-bond acceptors (Lipinski definition) is 5. The number of ether oxygens (including phenoxy) is 2. The first kappa shape index (κ1) is 18.8. The van der Waals surface area contributed by atoms with Gasteiger partial charge in [-0.2, -0.15) is 0 Å². The molecule has 0 saturated heterocycles. The molecule has 0 radical (unpaired) electrons. The van der Waals surface area contributed by atoms with E-state index in [9.17, 15) is 4.79 Å². The van der Waals surface area contributed by atoms with E-state index >= 15 is 0 Å². The summed E-state index contributed by atoms with van der Waals surface area (Å²) in [5.74, 6) is 0.983. The summed E-state index contributed by atoms with van der Waals surface area (Å²) < 4.78 is 12.4. The van der Waals surface area contributed by atoms with Crippen molar-refractivity contribution in [1.82, 2.24) is 9.55 Å². The molecule has 0 bridgehead atoms. The number of methoxy groups -OCH3 is 2. The van der Waals surface area contributed by atoms with E-state index in [1.54, 1.807) is 26.4 Å². The number of thioether (sulfide) groups is 1. The van der Waals surface area contributed by atoms with Gasteiger partial charge in [-0.3, -0.25) is 4.79 Å². The Morgan fingerprint density at radius 1 is 1.23 bits per heavy atom. The lowest BCUT2D eigenvalue weighted by Gasteiger charge is -2.08. The number of benzene rings is 2. The SMILES string of the molecule is COCCn1c(SCC(=O)c2cccc(OC)c2)nc2cc(Cl)ccc21. The van der Waals surface area contributed by atoms with Crippen LogP contribution in [0.3, 0.4) is 0 Å². The highest BCUT2D eigenvalue weighted by atomic mass is 35.5. The Balaban J connectivity index is 1.81. The van der Waals surface area contributed by atoms with Crippen LogP contribution < -0.4 is 4.74 Å². The molecule has 0 spiro atoms. The number of nitrogens with zero attached hydrogens (tertiary/aromatic N) is 2. The molecule has 1 aromatic heterocycles. The van der Waals surface area contributed by atoms with Crippen molar-refractivity contribution < 1.29 is 14.3 Å². The molecule has 7 heteroatoms. The standard InChI is InChI=1S/C19H19ClN2O3S/c1-24-9-8-22-17-7-6-14(20)11-16(17)21-19(22)26-12-18(23)13-4-3-5-15(10-13)25-2/h3-7,10-11H,8-9,12H2,1-2H3. The first-order chi connectivity index (χ1) is 12.6. The summed E-state index contributed by atoms with van der Waals surface area (Å²) in [6, 6.07) is 12.8. The van der Waals surface area contributed by atoms with Gasteiger partial charge in [0, 0.05) is 24.2 Å². The van der Waals surface area contributed by atoms with Crippen molar-refractivity contribution in [2.24, 2.45) is 0 Å². The van der Waals surface area contributed by atoms with Crippen LogP contribution in [0.25, 0.3) is 11.0 Å². The molecule has 3 rings (SSSR count). The second-order valence-electron chi connectivity index (χ2n) is 5.62. The van der Waals surface area contributed by atoms with Gasteiger partial charge in [0.2, 0.25) is 0 Å². The minimum Gasteiger partial charge on any atom is -0.497 e. The number of halogens is 1. The fourth-order valence-corrected chi connectivity index (χ4v) is 3.70. The fourth-order valence-electron chi connectivity index (χ4n) is 2.60. The van der Waals surface area contributed by atoms with E-state index in [0.717, 1.165) is 16.2 Å². The summed E-state index contributed by atoms with van der Waals surface area (Å²) in [6.45, 7) is 1.22. The Morgan fingerprint density at radius 2 is 2.08 bits per heavy atom. The Kier molecular flexibility index (Phi) is 6.19. The molecular weight excluding hydrogens is 372 g/mol. The lowest BCUT2D eigenvalue weighted by Crippen LogP contribution is -2.08. The average Bonchev–Trinajstić information content (AvgIpc) is 3.00. The van der Waals surface area contributed by atoms with E-state index in [1.807, 2.05) is 30.3 Å². The van der Waals surface area contributed by atoms with Crippen molar-refractivity contribution in [3.05, 3.63) is 53.1 Å². The monoisotopic (exact) mass is 390 g/mol. The minimum absolute atomic E-state index is 0.0253. The maximum absolute atomic E-state index is 12.5. The summed E-state index contributed by atoms with van der Waals surface area (Å²) in [6.07, 6.45) is 0. The highest BCUT2D eigenvalue weighted by Crippen LogP contribution is 2.27. The normalized spacial score (nSPS) is 11.0. The van der Waals surface area contributed by atoms with Crippen molar-refractivity contribution in [3.8, 4) is 5.75 Å². The Labute approximate surface area is 161 Å². The van der Waals surface area contributed by atoms with E-state index in [2.05, 4.69) is 9.55 Å². The Bertz CT molecular complexity index is 926. The van der Waals surface area contributed by atoms with Crippen molar-refractivity contribution >= 4 is 40.2 Å². The third-order valence-corrected chi connectivity index (χ3v) is 5.13. The van der Waals surface area contributed by atoms with E-state index < -0.39 is 0 Å². The van der Waals surface area contributed by atoms with E-state index in [1.165, 1.54) is 11.8 Å². The zero-order valence-corrected chi connectivity index (χ0v) is 16.1. The van der Waals surface area contributed by atoms with Crippen LogP contribution in [0.15, 0.2) is 47.6 Å². The van der Waals surface area contributed by atoms with Crippen LogP contribution in [0.2, 0.25) is 5.02 Å². The lowest BCUT2D eigenvalue weighted by molar-refractivity contribution is 0.102. The van der Waals surface area contributed by atoms with Crippen molar-refractivity contribution in [2.45, 2.75) is 11.7 Å². The lowest BCUT2D eigenvalue weighted by atomic mass is 10.1. The molecule has 3 aromatic rings. The summed E-state index contributed by atoms with van der Waals surface area (Å²) in [5.41, 5.74) is 2.41. The largest absolute Gasteiger partial charge is 0.497 e. The number of aromatic nitrogens is 2. The van der Waals surface area contributed by atoms with Gasteiger partial charge in [0.15, 0.2) is 10.9 Å². The number of carbonyl (C=O) groups is 1. The molecule has 1 heterocycles.